The van der Waals surface area contributed by atoms with Crippen LogP contribution in [0.15, 0.2) is 66.1 Å². The largest absolute Gasteiger partial charge is 0.325 e. The van der Waals surface area contributed by atoms with Crippen LogP contribution in [0.25, 0.3) is 5.69 Å². The van der Waals surface area contributed by atoms with Gasteiger partial charge in [-0.05, 0) is 24.3 Å². The summed E-state index contributed by atoms with van der Waals surface area (Å²) in [5, 5.41) is 12.8. The molecule has 3 rings (SSSR count). The zero-order valence-electron chi connectivity index (χ0n) is 13.4. The molecule has 2 N–H and O–H groups in total. The summed E-state index contributed by atoms with van der Waals surface area (Å²) < 4.78 is 15.2. The number of benzene rings is 2. The topological polar surface area (TPSA) is 88.9 Å². The van der Waals surface area contributed by atoms with Crippen molar-refractivity contribution in [3.8, 4) is 5.69 Å². The summed E-state index contributed by atoms with van der Waals surface area (Å²) in [5.41, 5.74) is 0.854. The van der Waals surface area contributed by atoms with Gasteiger partial charge in [-0.2, -0.15) is 0 Å². The highest BCUT2D eigenvalue weighted by Crippen LogP contribution is 2.19. The summed E-state index contributed by atoms with van der Waals surface area (Å²) in [6, 6.07) is 14.3. The Morgan fingerprint density at radius 1 is 1.08 bits per heavy atom. The molecule has 26 heavy (non-hydrogen) atoms. The Bertz CT molecular complexity index is 916. The van der Waals surface area contributed by atoms with Crippen molar-refractivity contribution in [2.45, 2.75) is 5.16 Å². The van der Waals surface area contributed by atoms with Crippen LogP contribution in [-0.2, 0) is 4.79 Å². The molecule has 3 aromatic rings. The van der Waals surface area contributed by atoms with Crippen LogP contribution in [0.1, 0.15) is 0 Å². The number of carbonyl (C=O) groups excluding carboxylic acids is 2. The summed E-state index contributed by atoms with van der Waals surface area (Å²) in [6.45, 7) is 0. The third-order valence-electron chi connectivity index (χ3n) is 3.26. The van der Waals surface area contributed by atoms with Crippen molar-refractivity contribution >= 4 is 29.4 Å². The Balaban J connectivity index is 1.54. The number of nitrogens with one attached hydrogen (secondary N) is 2. The molecule has 3 amide bonds. The molecule has 0 unspecified atom stereocenters. The van der Waals surface area contributed by atoms with E-state index in [2.05, 4.69) is 20.8 Å². The monoisotopic (exact) mass is 371 g/mol. The van der Waals surface area contributed by atoms with E-state index in [4.69, 9.17) is 0 Å². The molecule has 9 heteroatoms. The van der Waals surface area contributed by atoms with Crippen LogP contribution in [0, 0.1) is 5.82 Å². The number of carbonyl (C=O) groups is 2. The number of halogens is 1. The highest BCUT2D eigenvalue weighted by molar-refractivity contribution is 7.99. The van der Waals surface area contributed by atoms with Gasteiger partial charge >= 0.3 is 6.03 Å². The summed E-state index contributed by atoms with van der Waals surface area (Å²) in [5.74, 6) is -1.16. The van der Waals surface area contributed by atoms with Gasteiger partial charge in [-0.15, -0.1) is 10.2 Å². The van der Waals surface area contributed by atoms with Gasteiger partial charge in [0, 0.05) is 5.69 Å². The predicted octanol–water partition coefficient (Wildman–Crippen LogP) is 2.85. The van der Waals surface area contributed by atoms with Crippen molar-refractivity contribution in [2.75, 3.05) is 11.1 Å². The summed E-state index contributed by atoms with van der Waals surface area (Å²) >= 11 is 1.13. The van der Waals surface area contributed by atoms with Crippen molar-refractivity contribution in [3.05, 3.63) is 66.7 Å². The molecule has 132 valence electrons. The molecule has 1 aromatic heterocycles. The zero-order valence-corrected chi connectivity index (χ0v) is 14.2. The Morgan fingerprint density at radius 3 is 2.58 bits per heavy atom. The van der Waals surface area contributed by atoms with Crippen molar-refractivity contribution < 1.29 is 14.0 Å². The first-order chi connectivity index (χ1) is 12.6. The second kappa shape index (κ2) is 8.26. The van der Waals surface area contributed by atoms with E-state index in [9.17, 15) is 14.0 Å². The van der Waals surface area contributed by atoms with E-state index < -0.39 is 17.8 Å². The maximum absolute atomic E-state index is 13.5. The SMILES string of the molecule is O=C(CSc1nncn1-c1ccccc1)NC(=O)Nc1ccccc1F. The first-order valence-corrected chi connectivity index (χ1v) is 8.55. The Kier molecular flexibility index (Phi) is 5.59. The summed E-state index contributed by atoms with van der Waals surface area (Å²) in [6.07, 6.45) is 1.54. The molecule has 0 bridgehead atoms. The van der Waals surface area contributed by atoms with E-state index >= 15 is 0 Å². The highest BCUT2D eigenvalue weighted by atomic mass is 32.2. The van der Waals surface area contributed by atoms with Gasteiger partial charge in [0.1, 0.15) is 12.1 Å². The van der Waals surface area contributed by atoms with Crippen LogP contribution in [0.4, 0.5) is 14.9 Å². The van der Waals surface area contributed by atoms with E-state index in [0.29, 0.717) is 5.16 Å². The lowest BCUT2D eigenvalue weighted by Gasteiger charge is -2.08. The fourth-order valence-electron chi connectivity index (χ4n) is 2.10. The van der Waals surface area contributed by atoms with E-state index in [1.165, 1.54) is 18.2 Å². The third-order valence-corrected chi connectivity index (χ3v) is 4.20. The quantitative estimate of drug-likeness (QED) is 0.673. The lowest BCUT2D eigenvalue weighted by atomic mass is 10.3. The second-order valence-electron chi connectivity index (χ2n) is 5.09. The molecule has 0 aliphatic heterocycles. The molecule has 7 nitrogen and oxygen atoms in total. The number of hydrogen-bond donors (Lipinski definition) is 2. The Labute approximate surface area is 152 Å². The van der Waals surface area contributed by atoms with Crippen molar-refractivity contribution in [3.63, 3.8) is 0 Å². The van der Waals surface area contributed by atoms with Crippen molar-refractivity contribution in [2.24, 2.45) is 0 Å². The van der Waals surface area contributed by atoms with E-state index in [-0.39, 0.29) is 11.4 Å². The number of thioether (sulfide) groups is 1. The lowest BCUT2D eigenvalue weighted by Crippen LogP contribution is -2.35. The van der Waals surface area contributed by atoms with Crippen molar-refractivity contribution in [1.29, 1.82) is 0 Å². The maximum atomic E-state index is 13.5. The first-order valence-electron chi connectivity index (χ1n) is 7.57. The maximum Gasteiger partial charge on any atom is 0.325 e. The van der Waals surface area contributed by atoms with E-state index in [0.717, 1.165) is 17.4 Å². The van der Waals surface area contributed by atoms with Gasteiger partial charge in [0.05, 0.1) is 11.4 Å². The number of urea groups is 1. The molecule has 0 spiro atoms. The summed E-state index contributed by atoms with van der Waals surface area (Å²) in [4.78, 5) is 23.7. The van der Waals surface area contributed by atoms with Crippen LogP contribution in [-0.4, -0.2) is 32.5 Å². The number of hydrogen-bond acceptors (Lipinski definition) is 5. The van der Waals surface area contributed by atoms with E-state index in [1.807, 2.05) is 30.3 Å². The third kappa shape index (κ3) is 4.45. The number of nitrogens with zero attached hydrogens (tertiary/aromatic N) is 3. The Hall–Kier alpha value is -3.20. The molecule has 0 fully saturated rings. The first kappa shape index (κ1) is 17.6. The molecule has 0 atom stereocenters. The van der Waals surface area contributed by atoms with Crippen molar-refractivity contribution in [1.82, 2.24) is 20.1 Å². The van der Waals surface area contributed by atoms with Gasteiger partial charge in [-0.3, -0.25) is 14.7 Å². The molecule has 0 saturated carbocycles. The van der Waals surface area contributed by atoms with Gasteiger partial charge in [0.15, 0.2) is 5.16 Å². The molecule has 2 aromatic carbocycles. The predicted molar refractivity (Wildman–Crippen MR) is 95.6 cm³/mol. The number of imide groups is 1. The smallest absolute Gasteiger partial charge is 0.305 e. The number of aromatic nitrogens is 3. The van der Waals surface area contributed by atoms with Gasteiger partial charge in [-0.1, -0.05) is 42.1 Å². The van der Waals surface area contributed by atoms with E-state index in [1.54, 1.807) is 17.0 Å². The minimum Gasteiger partial charge on any atom is -0.305 e. The molecular formula is C17H14FN5O2S. The van der Waals surface area contributed by atoms with Gasteiger partial charge < -0.3 is 5.32 Å². The van der Waals surface area contributed by atoms with Crippen LogP contribution >= 0.6 is 11.8 Å². The van der Waals surface area contributed by atoms with Gasteiger partial charge in [0.25, 0.3) is 0 Å². The molecule has 0 aliphatic carbocycles. The summed E-state index contributed by atoms with van der Waals surface area (Å²) in [7, 11) is 0. The average Bonchev–Trinajstić information content (AvgIpc) is 3.11. The minimum atomic E-state index is -0.801. The number of anilines is 1. The fraction of sp³-hybridized carbons (Fsp3) is 0.0588. The minimum absolute atomic E-state index is 0.00530. The highest BCUT2D eigenvalue weighted by Gasteiger charge is 2.13. The standard InChI is InChI=1S/C17H14FN5O2S/c18-13-8-4-5-9-14(13)20-16(25)21-15(24)10-26-17-22-19-11-23(17)12-6-2-1-3-7-12/h1-9,11H,10H2,(H2,20,21,24,25). The molecule has 0 aliphatic rings. The van der Waals surface area contributed by atoms with Gasteiger partial charge in [-0.25, -0.2) is 9.18 Å². The average molecular weight is 371 g/mol. The van der Waals surface area contributed by atoms with Crippen LogP contribution in [0.5, 0.6) is 0 Å². The van der Waals surface area contributed by atoms with Gasteiger partial charge in [0.2, 0.25) is 5.91 Å². The molecular weight excluding hydrogens is 357 g/mol. The number of amides is 3. The van der Waals surface area contributed by atoms with Crippen LogP contribution in [0.3, 0.4) is 0 Å². The number of rotatable bonds is 5. The van der Waals surface area contributed by atoms with Crippen LogP contribution in [0.2, 0.25) is 0 Å². The normalized spacial score (nSPS) is 10.3. The lowest BCUT2D eigenvalue weighted by molar-refractivity contribution is -0.117. The molecule has 0 saturated heterocycles. The molecule has 0 radical (unpaired) electrons. The van der Waals surface area contributed by atoms with Crippen LogP contribution < -0.4 is 10.6 Å². The number of para-hydroxylation sites is 2. The fourth-order valence-corrected chi connectivity index (χ4v) is 2.83. The Morgan fingerprint density at radius 2 is 1.81 bits per heavy atom. The molecule has 1 heterocycles. The zero-order chi connectivity index (χ0) is 18.4. The second-order valence-corrected chi connectivity index (χ2v) is 6.03.